The molecular weight excluding hydrogens is 466 g/mol. The van der Waals surface area contributed by atoms with E-state index < -0.39 is 5.91 Å². The van der Waals surface area contributed by atoms with E-state index in [2.05, 4.69) is 39.8 Å². The third kappa shape index (κ3) is 4.13. The van der Waals surface area contributed by atoms with Crippen LogP contribution in [0.15, 0.2) is 70.3 Å². The van der Waals surface area contributed by atoms with Crippen molar-refractivity contribution in [2.45, 2.75) is 27.2 Å². The molecule has 0 saturated heterocycles. The van der Waals surface area contributed by atoms with Gasteiger partial charge in [-0.1, -0.05) is 35.9 Å². The van der Waals surface area contributed by atoms with Crippen LogP contribution in [0, 0.1) is 26.2 Å². The van der Waals surface area contributed by atoms with Crippen LogP contribution in [0.25, 0.3) is 11.8 Å². The summed E-state index contributed by atoms with van der Waals surface area (Å²) in [5.74, 6) is -0.388. The largest absolute Gasteiger partial charge is 0.318 e. The van der Waals surface area contributed by atoms with Crippen LogP contribution in [0.1, 0.15) is 28.1 Å². The van der Waals surface area contributed by atoms with Crippen LogP contribution in [0.3, 0.4) is 0 Å². The van der Waals surface area contributed by atoms with Crippen LogP contribution in [0.2, 0.25) is 5.02 Å². The van der Waals surface area contributed by atoms with Crippen molar-refractivity contribution in [2.24, 2.45) is 10.1 Å². The number of fused-ring (bicyclic) bond motifs is 1. The lowest BCUT2D eigenvalue weighted by molar-refractivity contribution is -0.114. The Morgan fingerprint density at radius 1 is 1.09 bits per heavy atom. The summed E-state index contributed by atoms with van der Waals surface area (Å²) in [6.45, 7) is 6.11. The maximum Gasteiger partial charge on any atom is 0.283 e. The number of aryl methyl sites for hydroxylation is 2. The lowest BCUT2D eigenvalue weighted by Crippen LogP contribution is -2.35. The first-order valence-electron chi connectivity index (χ1n) is 10.8. The lowest BCUT2D eigenvalue weighted by atomic mass is 10.1. The van der Waals surface area contributed by atoms with Gasteiger partial charge >= 0.3 is 0 Å². The molecule has 170 valence electrons. The normalized spacial score (nSPS) is 16.7. The fourth-order valence-corrected chi connectivity index (χ4v) is 5.18. The number of amidine groups is 2. The summed E-state index contributed by atoms with van der Waals surface area (Å²) in [7, 11) is 0. The number of carbonyl (C=O) groups is 1. The molecule has 0 bridgehead atoms. The number of rotatable bonds is 4. The Labute approximate surface area is 207 Å². The Hall–Kier alpha value is -3.42. The van der Waals surface area contributed by atoms with Crippen molar-refractivity contribution in [3.05, 3.63) is 93.3 Å². The number of hydrogen-bond donors (Lipinski definition) is 1. The van der Waals surface area contributed by atoms with E-state index in [4.69, 9.17) is 17.0 Å². The van der Waals surface area contributed by atoms with Gasteiger partial charge in [-0.3, -0.25) is 10.2 Å². The number of carbonyl (C=O) groups excluding carboxylic acids is 1. The van der Waals surface area contributed by atoms with E-state index in [1.54, 1.807) is 6.08 Å². The first-order chi connectivity index (χ1) is 16.3. The molecule has 3 heterocycles. The van der Waals surface area contributed by atoms with E-state index in [1.165, 1.54) is 22.3 Å². The highest BCUT2D eigenvalue weighted by Gasteiger charge is 2.35. The fourth-order valence-electron chi connectivity index (χ4n) is 4.13. The zero-order valence-electron chi connectivity index (χ0n) is 19.0. The van der Waals surface area contributed by atoms with Crippen molar-refractivity contribution in [2.75, 3.05) is 0 Å². The molecule has 8 heteroatoms. The van der Waals surface area contributed by atoms with E-state index >= 15 is 0 Å². The van der Waals surface area contributed by atoms with Gasteiger partial charge in [0.1, 0.15) is 5.04 Å². The van der Waals surface area contributed by atoms with E-state index in [-0.39, 0.29) is 11.4 Å². The number of benzene rings is 2. The molecule has 2 aromatic carbocycles. The summed E-state index contributed by atoms with van der Waals surface area (Å²) in [6, 6.07) is 17.9. The fraction of sp³-hybridized carbons (Fsp3) is 0.154. The monoisotopic (exact) mass is 487 g/mol. The molecule has 34 heavy (non-hydrogen) atoms. The number of aromatic nitrogens is 1. The van der Waals surface area contributed by atoms with E-state index in [0.717, 1.165) is 33.2 Å². The summed E-state index contributed by atoms with van der Waals surface area (Å²) >= 11 is 7.29. The smallest absolute Gasteiger partial charge is 0.283 e. The van der Waals surface area contributed by atoms with Crippen LogP contribution in [-0.4, -0.2) is 31.5 Å². The molecule has 1 amide bonds. The van der Waals surface area contributed by atoms with E-state index in [0.29, 0.717) is 16.6 Å². The molecule has 0 spiro atoms. The van der Waals surface area contributed by atoms with Crippen LogP contribution in [-0.2, 0) is 11.2 Å². The number of thioether (sulfide) groups is 1. The van der Waals surface area contributed by atoms with Gasteiger partial charge in [0.15, 0.2) is 5.84 Å². The molecule has 3 aromatic rings. The van der Waals surface area contributed by atoms with Crippen molar-refractivity contribution in [3.8, 4) is 5.69 Å². The first-order valence-corrected chi connectivity index (χ1v) is 12.0. The van der Waals surface area contributed by atoms with E-state index in [9.17, 15) is 4.79 Å². The zero-order chi connectivity index (χ0) is 24.0. The van der Waals surface area contributed by atoms with Gasteiger partial charge in [-0.25, -0.2) is 0 Å². The summed E-state index contributed by atoms with van der Waals surface area (Å²) in [5, 5.41) is 16.6. The molecule has 6 nitrogen and oxygen atoms in total. The van der Waals surface area contributed by atoms with Gasteiger partial charge in [0.25, 0.3) is 5.91 Å². The number of hydrogen-bond acceptors (Lipinski definition) is 4. The molecule has 2 aliphatic rings. The molecule has 2 aliphatic heterocycles. The molecule has 0 fully saturated rings. The van der Waals surface area contributed by atoms with Gasteiger partial charge in [0, 0.05) is 28.5 Å². The second-order valence-corrected chi connectivity index (χ2v) is 9.79. The second kappa shape index (κ2) is 8.74. The predicted molar refractivity (Wildman–Crippen MR) is 140 cm³/mol. The molecular formula is C26H22ClN5OS. The Morgan fingerprint density at radius 2 is 1.85 bits per heavy atom. The number of amides is 1. The first kappa shape index (κ1) is 22.4. The van der Waals surface area contributed by atoms with Crippen LogP contribution >= 0.6 is 23.4 Å². The Balaban J connectivity index is 1.45. The van der Waals surface area contributed by atoms with Gasteiger partial charge < -0.3 is 4.57 Å². The maximum absolute atomic E-state index is 12.9. The van der Waals surface area contributed by atoms with Gasteiger partial charge in [-0.05, 0) is 85.6 Å². The number of hydrazone groups is 1. The van der Waals surface area contributed by atoms with Crippen molar-refractivity contribution in [3.63, 3.8) is 0 Å². The van der Waals surface area contributed by atoms with Gasteiger partial charge in [0.2, 0.25) is 5.17 Å². The average molecular weight is 488 g/mol. The van der Waals surface area contributed by atoms with Gasteiger partial charge in [-0.15, -0.1) is 0 Å². The highest BCUT2D eigenvalue weighted by molar-refractivity contribution is 8.26. The van der Waals surface area contributed by atoms with Crippen LogP contribution in [0.4, 0.5) is 0 Å². The summed E-state index contributed by atoms with van der Waals surface area (Å²) in [6.07, 6.45) is 2.33. The SMILES string of the molecule is Cc1cccc(-n2c(C)cc(/C=C3\C(=N)N4N=C(Cc5ccc(Cl)cc5)SC4=NC3=O)c2C)c1. The molecule has 0 saturated carbocycles. The molecule has 1 aromatic heterocycles. The molecule has 0 radical (unpaired) electrons. The standard InChI is InChI=1S/C26H22ClN5OS/c1-15-5-4-6-21(11-15)31-16(2)12-19(17(31)3)14-22-24(28)32-26(29-25(22)33)34-23(30-32)13-18-7-9-20(27)10-8-18/h4-12,14,28H,13H2,1-3H3/b22-14+,28-24?. The molecule has 0 atom stereocenters. The zero-order valence-corrected chi connectivity index (χ0v) is 20.5. The Kier molecular flexibility index (Phi) is 5.75. The second-order valence-electron chi connectivity index (χ2n) is 8.32. The van der Waals surface area contributed by atoms with Crippen molar-refractivity contribution in [1.29, 1.82) is 5.41 Å². The van der Waals surface area contributed by atoms with Gasteiger partial charge in [-0.2, -0.15) is 15.1 Å². The maximum atomic E-state index is 12.9. The number of aliphatic imine (C=N–C) groups is 1. The predicted octanol–water partition coefficient (Wildman–Crippen LogP) is 5.92. The quantitative estimate of drug-likeness (QED) is 0.464. The highest BCUT2D eigenvalue weighted by Crippen LogP contribution is 2.31. The van der Waals surface area contributed by atoms with Crippen molar-refractivity contribution in [1.82, 2.24) is 9.58 Å². The Morgan fingerprint density at radius 3 is 2.59 bits per heavy atom. The third-order valence-electron chi connectivity index (χ3n) is 5.79. The number of nitrogens with zero attached hydrogens (tertiary/aromatic N) is 4. The third-order valence-corrected chi connectivity index (χ3v) is 6.96. The topological polar surface area (TPSA) is 73.8 Å². The minimum atomic E-state index is -0.424. The van der Waals surface area contributed by atoms with Gasteiger partial charge in [0.05, 0.1) is 5.57 Å². The molecule has 1 N–H and O–H groups in total. The van der Waals surface area contributed by atoms with Crippen LogP contribution in [0.5, 0.6) is 0 Å². The molecule has 0 unspecified atom stereocenters. The summed E-state index contributed by atoms with van der Waals surface area (Å²) in [4.78, 5) is 17.1. The number of halogens is 1. The van der Waals surface area contributed by atoms with E-state index in [1.807, 2.05) is 50.2 Å². The van der Waals surface area contributed by atoms with Crippen molar-refractivity contribution < 1.29 is 4.79 Å². The number of nitrogens with one attached hydrogen (secondary N) is 1. The van der Waals surface area contributed by atoms with Crippen molar-refractivity contribution >= 4 is 51.4 Å². The average Bonchev–Trinajstić information content (AvgIpc) is 3.32. The minimum absolute atomic E-state index is 0.0361. The highest BCUT2D eigenvalue weighted by atomic mass is 35.5. The minimum Gasteiger partial charge on any atom is -0.318 e. The summed E-state index contributed by atoms with van der Waals surface area (Å²) < 4.78 is 2.15. The van der Waals surface area contributed by atoms with Crippen LogP contribution < -0.4 is 0 Å². The lowest BCUT2D eigenvalue weighted by Gasteiger charge is -2.20. The molecule has 5 rings (SSSR count). The summed E-state index contributed by atoms with van der Waals surface area (Å²) in [5.41, 5.74) is 6.44. The molecule has 0 aliphatic carbocycles. The Bertz CT molecular complexity index is 1430.